The fourth-order valence-corrected chi connectivity index (χ4v) is 2.96. The molecule has 0 aliphatic rings. The third-order valence-electron chi connectivity index (χ3n) is 4.69. The lowest BCUT2D eigenvalue weighted by Gasteiger charge is -2.21. The largest absolute Gasteiger partial charge is 0.483 e. The van der Waals surface area contributed by atoms with Gasteiger partial charge in [-0.2, -0.15) is 0 Å². The van der Waals surface area contributed by atoms with Crippen LogP contribution in [0.1, 0.15) is 21.7 Å². The minimum atomic E-state index is -0.506. The summed E-state index contributed by atoms with van der Waals surface area (Å²) in [7, 11) is 1.53. The minimum absolute atomic E-state index is 0.0862. The van der Waals surface area contributed by atoms with E-state index in [9.17, 15) is 19.7 Å². The van der Waals surface area contributed by atoms with Crippen LogP contribution >= 0.6 is 0 Å². The highest BCUT2D eigenvalue weighted by Crippen LogP contribution is 2.27. The van der Waals surface area contributed by atoms with Crippen LogP contribution in [0.2, 0.25) is 0 Å². The fourth-order valence-electron chi connectivity index (χ4n) is 2.96. The third-order valence-corrected chi connectivity index (χ3v) is 4.69. The van der Waals surface area contributed by atoms with Crippen molar-refractivity contribution in [3.05, 3.63) is 87.9 Å². The topological polar surface area (TPSA) is 115 Å². The van der Waals surface area contributed by atoms with Gasteiger partial charge in [0.2, 0.25) is 0 Å². The van der Waals surface area contributed by atoms with Crippen LogP contribution in [0.15, 0.2) is 65.3 Å². The summed E-state index contributed by atoms with van der Waals surface area (Å²) in [6.45, 7) is 1.42. The molecule has 9 heteroatoms. The van der Waals surface area contributed by atoms with Crippen LogP contribution < -0.4 is 15.0 Å². The van der Waals surface area contributed by atoms with Gasteiger partial charge in [-0.1, -0.05) is 18.2 Å². The van der Waals surface area contributed by atoms with Crippen molar-refractivity contribution in [3.63, 3.8) is 0 Å². The van der Waals surface area contributed by atoms with Crippen LogP contribution in [0, 0.1) is 17.0 Å². The second kappa shape index (κ2) is 9.57. The molecular weight excluding hydrogens is 402 g/mol. The molecule has 0 aliphatic heterocycles. The van der Waals surface area contributed by atoms with Crippen LogP contribution in [0.3, 0.4) is 0 Å². The Bertz CT molecular complexity index is 1090. The van der Waals surface area contributed by atoms with Crippen molar-refractivity contribution in [2.24, 2.45) is 0 Å². The highest BCUT2D eigenvalue weighted by Gasteiger charge is 2.20. The van der Waals surface area contributed by atoms with Gasteiger partial charge in [-0.15, -0.1) is 0 Å². The summed E-state index contributed by atoms with van der Waals surface area (Å²) in [5, 5.41) is 13.8. The molecule has 3 aromatic rings. The molecule has 0 saturated carbocycles. The molecule has 3 rings (SSSR count). The molecule has 0 radical (unpaired) electrons. The standard InChI is InChI=1S/C22H21N3O6/c1-15-18(25(28)29)10-5-11-20(15)31-14-21(26)24(2)19-9-4-3-8-17(19)22(27)23-13-16-7-6-12-30-16/h3-12H,13-14H2,1-2H3,(H,23,27). The lowest BCUT2D eigenvalue weighted by Crippen LogP contribution is -2.33. The molecule has 1 N–H and O–H groups in total. The zero-order valence-electron chi connectivity index (χ0n) is 17.0. The Morgan fingerprint density at radius 2 is 1.90 bits per heavy atom. The molecule has 0 spiro atoms. The maximum Gasteiger partial charge on any atom is 0.276 e. The number of nitrogens with one attached hydrogen (secondary N) is 1. The Balaban J connectivity index is 1.69. The lowest BCUT2D eigenvalue weighted by molar-refractivity contribution is -0.385. The minimum Gasteiger partial charge on any atom is -0.483 e. The van der Waals surface area contributed by atoms with E-state index < -0.39 is 10.8 Å². The summed E-state index contributed by atoms with van der Waals surface area (Å²) in [4.78, 5) is 37.2. The average molecular weight is 423 g/mol. The Morgan fingerprint density at radius 3 is 2.61 bits per heavy atom. The normalized spacial score (nSPS) is 10.4. The Kier molecular flexibility index (Phi) is 6.66. The number of benzene rings is 2. The fraction of sp³-hybridized carbons (Fsp3) is 0.182. The second-order valence-electron chi connectivity index (χ2n) is 6.68. The van der Waals surface area contributed by atoms with E-state index in [1.165, 1.54) is 30.3 Å². The number of carbonyl (C=O) groups excluding carboxylic acids is 2. The van der Waals surface area contributed by atoms with E-state index in [0.29, 0.717) is 22.6 Å². The number of hydrogen-bond acceptors (Lipinski definition) is 6. The molecule has 0 saturated heterocycles. The van der Waals surface area contributed by atoms with E-state index in [-0.39, 0.29) is 30.5 Å². The van der Waals surface area contributed by atoms with Gasteiger partial charge in [0.25, 0.3) is 17.5 Å². The average Bonchev–Trinajstić information content (AvgIpc) is 3.29. The molecule has 2 amide bonds. The SMILES string of the molecule is Cc1c(OCC(=O)N(C)c2ccccc2C(=O)NCc2ccco2)cccc1[N+](=O)[O-]. The highest BCUT2D eigenvalue weighted by molar-refractivity contribution is 6.04. The number of nitro groups is 1. The van der Waals surface area contributed by atoms with Crippen LogP contribution in [-0.2, 0) is 11.3 Å². The number of amides is 2. The summed E-state index contributed by atoms with van der Waals surface area (Å²) in [6, 6.07) is 14.6. The Labute approximate surface area is 178 Å². The number of likely N-dealkylation sites (N-methyl/N-ethyl adjacent to an activating group) is 1. The van der Waals surface area contributed by atoms with Gasteiger partial charge in [-0.05, 0) is 37.3 Å². The first-order valence-electron chi connectivity index (χ1n) is 9.41. The van der Waals surface area contributed by atoms with Crippen LogP contribution in [-0.4, -0.2) is 30.4 Å². The van der Waals surface area contributed by atoms with Crippen molar-refractivity contribution in [1.29, 1.82) is 0 Å². The van der Waals surface area contributed by atoms with E-state index in [4.69, 9.17) is 9.15 Å². The smallest absolute Gasteiger partial charge is 0.276 e. The summed E-state index contributed by atoms with van der Waals surface area (Å²) < 4.78 is 10.7. The van der Waals surface area contributed by atoms with Gasteiger partial charge in [0.1, 0.15) is 11.5 Å². The van der Waals surface area contributed by atoms with Crippen molar-refractivity contribution in [2.45, 2.75) is 13.5 Å². The van der Waals surface area contributed by atoms with Gasteiger partial charge in [-0.3, -0.25) is 19.7 Å². The molecule has 0 unspecified atom stereocenters. The monoisotopic (exact) mass is 423 g/mol. The third kappa shape index (κ3) is 5.08. The van der Waals surface area contributed by atoms with Gasteiger partial charge in [0.05, 0.1) is 34.5 Å². The highest BCUT2D eigenvalue weighted by atomic mass is 16.6. The van der Waals surface area contributed by atoms with Crippen LogP contribution in [0.4, 0.5) is 11.4 Å². The van der Waals surface area contributed by atoms with Crippen LogP contribution in [0.25, 0.3) is 0 Å². The zero-order chi connectivity index (χ0) is 22.4. The first-order valence-corrected chi connectivity index (χ1v) is 9.41. The predicted octanol–water partition coefficient (Wildman–Crippen LogP) is 3.47. The number of anilines is 1. The van der Waals surface area contributed by atoms with Gasteiger partial charge in [-0.25, -0.2) is 0 Å². The first kappa shape index (κ1) is 21.6. The lowest BCUT2D eigenvalue weighted by atomic mass is 10.1. The molecule has 31 heavy (non-hydrogen) atoms. The molecule has 0 fully saturated rings. The van der Waals surface area contributed by atoms with E-state index in [2.05, 4.69) is 5.32 Å². The molecule has 160 valence electrons. The van der Waals surface area contributed by atoms with Gasteiger partial charge in [0, 0.05) is 13.1 Å². The summed E-state index contributed by atoms with van der Waals surface area (Å²) in [5.41, 5.74) is 0.970. The van der Waals surface area contributed by atoms with E-state index in [1.54, 1.807) is 49.4 Å². The quantitative estimate of drug-likeness (QED) is 0.438. The van der Waals surface area contributed by atoms with Gasteiger partial charge < -0.3 is 19.4 Å². The molecule has 0 atom stereocenters. The molecule has 2 aromatic carbocycles. The van der Waals surface area contributed by atoms with E-state index >= 15 is 0 Å². The number of hydrogen-bond donors (Lipinski definition) is 1. The second-order valence-corrected chi connectivity index (χ2v) is 6.68. The zero-order valence-corrected chi connectivity index (χ0v) is 17.0. The summed E-state index contributed by atoms with van der Waals surface area (Å²) in [6.07, 6.45) is 1.52. The number of nitro benzene ring substituents is 1. The summed E-state index contributed by atoms with van der Waals surface area (Å²) >= 11 is 0. The number of para-hydroxylation sites is 1. The van der Waals surface area contributed by atoms with Crippen molar-refractivity contribution in [3.8, 4) is 5.75 Å². The number of carbonyl (C=O) groups is 2. The number of furan rings is 1. The molecule has 1 aromatic heterocycles. The molecule has 1 heterocycles. The van der Waals surface area contributed by atoms with Crippen molar-refractivity contribution in [2.75, 3.05) is 18.6 Å². The Hall–Kier alpha value is -4.14. The first-order chi connectivity index (χ1) is 14.9. The Morgan fingerprint density at radius 1 is 1.13 bits per heavy atom. The van der Waals surface area contributed by atoms with Crippen molar-refractivity contribution in [1.82, 2.24) is 5.32 Å². The van der Waals surface area contributed by atoms with E-state index in [0.717, 1.165) is 0 Å². The van der Waals surface area contributed by atoms with Crippen molar-refractivity contribution < 1.29 is 23.7 Å². The molecular formula is C22H21N3O6. The molecule has 0 aliphatic carbocycles. The summed E-state index contributed by atoms with van der Waals surface area (Å²) in [5.74, 6) is 0.0794. The number of nitrogens with zero attached hydrogens (tertiary/aromatic N) is 2. The maximum atomic E-state index is 12.7. The number of rotatable bonds is 8. The van der Waals surface area contributed by atoms with Gasteiger partial charge >= 0.3 is 0 Å². The predicted molar refractivity (Wildman–Crippen MR) is 113 cm³/mol. The van der Waals surface area contributed by atoms with Crippen LogP contribution in [0.5, 0.6) is 5.75 Å². The van der Waals surface area contributed by atoms with E-state index in [1.807, 2.05) is 0 Å². The van der Waals surface area contributed by atoms with Gasteiger partial charge in [0.15, 0.2) is 6.61 Å². The number of ether oxygens (including phenoxy) is 1. The maximum absolute atomic E-state index is 12.7. The van der Waals surface area contributed by atoms with Crippen molar-refractivity contribution >= 4 is 23.2 Å². The molecule has 9 nitrogen and oxygen atoms in total. The molecule has 0 bridgehead atoms.